The van der Waals surface area contributed by atoms with Crippen LogP contribution >= 0.6 is 0 Å². The molecule has 5 aliphatic carbocycles. The zero-order valence-corrected chi connectivity index (χ0v) is 32.0. The number of aliphatic hydroxyl groups is 4. The number of esters is 2. The van der Waals surface area contributed by atoms with Gasteiger partial charge in [-0.05, 0) is 99.2 Å². The number of ether oxygens (including phenoxy) is 6. The Morgan fingerprint density at radius 3 is 2.31 bits per heavy atom. The van der Waals surface area contributed by atoms with Crippen LogP contribution in [0.25, 0.3) is 0 Å². The van der Waals surface area contributed by atoms with Crippen molar-refractivity contribution < 1.29 is 58.4 Å². The molecule has 4 N–H and O–H groups in total. The molecule has 8 rings (SSSR count). The maximum atomic E-state index is 12.8. The minimum atomic E-state index is -1.57. The Labute approximate surface area is 306 Å². The van der Waals surface area contributed by atoms with Gasteiger partial charge in [0.2, 0.25) is 0 Å². The van der Waals surface area contributed by atoms with Crippen molar-refractivity contribution in [3.63, 3.8) is 0 Å². The van der Waals surface area contributed by atoms with Crippen LogP contribution in [0.3, 0.4) is 0 Å². The van der Waals surface area contributed by atoms with Crippen molar-refractivity contribution in [3.8, 4) is 0 Å². The Bertz CT molecular complexity index is 1510. The molecule has 0 aromatic rings. The van der Waals surface area contributed by atoms with Crippen molar-refractivity contribution in [2.75, 3.05) is 6.61 Å². The highest BCUT2D eigenvalue weighted by atomic mass is 16.8. The van der Waals surface area contributed by atoms with Crippen molar-refractivity contribution in [2.45, 2.75) is 167 Å². The molecule has 52 heavy (non-hydrogen) atoms. The van der Waals surface area contributed by atoms with Gasteiger partial charge in [-0.25, -0.2) is 4.79 Å². The van der Waals surface area contributed by atoms with E-state index in [1.165, 1.54) is 19.3 Å². The summed E-state index contributed by atoms with van der Waals surface area (Å²) in [5, 5.41) is 42.4. The summed E-state index contributed by atoms with van der Waals surface area (Å²) in [5.41, 5.74) is -1.42. The molecule has 5 saturated carbocycles. The highest BCUT2D eigenvalue weighted by Crippen LogP contribution is 2.90. The largest absolute Gasteiger partial charge is 0.497 e. The van der Waals surface area contributed by atoms with E-state index < -0.39 is 59.6 Å². The SMILES string of the molecule is CC(=O)OC(C)(C)[C@H]1O[C@@]23O[C@@H]1C[C@@H](C)[C@@H]2[C@@]1(C)CC[C@@]24C[C@@]25CC[C@H](O/C=C/C(=O)O[C@@H]2CO[C@@H](O)[C@H](O)[C@H]2O)C(C)(C)C5CCC4[C@]1(C)[C@H]3O. The van der Waals surface area contributed by atoms with E-state index in [1.807, 2.05) is 13.8 Å². The molecule has 0 radical (unpaired) electrons. The first-order valence-corrected chi connectivity index (χ1v) is 19.6. The zero-order valence-electron chi connectivity index (χ0n) is 32.0. The lowest BCUT2D eigenvalue weighted by Gasteiger charge is -2.63. The first kappa shape index (κ1) is 37.1. The third-order valence-corrected chi connectivity index (χ3v) is 16.7. The predicted octanol–water partition coefficient (Wildman–Crippen LogP) is 3.75. The van der Waals surface area contributed by atoms with Crippen LogP contribution in [0.4, 0.5) is 0 Å². The van der Waals surface area contributed by atoms with Gasteiger partial charge in [-0.15, -0.1) is 0 Å². The zero-order chi connectivity index (χ0) is 37.6. The van der Waals surface area contributed by atoms with Crippen LogP contribution in [0.1, 0.15) is 107 Å². The van der Waals surface area contributed by atoms with Gasteiger partial charge in [0.05, 0.1) is 25.0 Å². The quantitative estimate of drug-likeness (QED) is 0.178. The fraction of sp³-hybridized carbons (Fsp3) is 0.900. The van der Waals surface area contributed by atoms with Gasteiger partial charge in [-0.1, -0.05) is 34.6 Å². The van der Waals surface area contributed by atoms with Gasteiger partial charge in [-0.3, -0.25) is 4.79 Å². The van der Waals surface area contributed by atoms with E-state index in [9.17, 15) is 30.0 Å². The second kappa shape index (κ2) is 11.6. The number of fused-ring (bicyclic) bond motifs is 4. The van der Waals surface area contributed by atoms with Crippen LogP contribution in [0.15, 0.2) is 12.3 Å². The number of carbonyl (C=O) groups is 2. The summed E-state index contributed by atoms with van der Waals surface area (Å²) in [7, 11) is 0. The third kappa shape index (κ3) is 4.64. The predicted molar refractivity (Wildman–Crippen MR) is 184 cm³/mol. The smallest absolute Gasteiger partial charge is 0.334 e. The molecule has 8 aliphatic rings. The fourth-order valence-corrected chi connectivity index (χ4v) is 14.6. The number of rotatable bonds is 6. The molecule has 3 saturated heterocycles. The van der Waals surface area contributed by atoms with Gasteiger partial charge < -0.3 is 48.8 Å². The van der Waals surface area contributed by atoms with Gasteiger partial charge in [0, 0.05) is 23.7 Å². The molecule has 12 heteroatoms. The van der Waals surface area contributed by atoms with E-state index in [0.717, 1.165) is 51.4 Å². The van der Waals surface area contributed by atoms with Gasteiger partial charge in [0.25, 0.3) is 0 Å². The average molecular weight is 733 g/mol. The lowest BCUT2D eigenvalue weighted by atomic mass is 9.41. The maximum Gasteiger partial charge on any atom is 0.334 e. The summed E-state index contributed by atoms with van der Waals surface area (Å²) in [6.45, 7) is 16.6. The van der Waals surface area contributed by atoms with Crippen molar-refractivity contribution >= 4 is 11.9 Å². The summed E-state index contributed by atoms with van der Waals surface area (Å²) >= 11 is 0. The summed E-state index contributed by atoms with van der Waals surface area (Å²) in [5.74, 6) is -1.21. The lowest BCUT2D eigenvalue weighted by Crippen LogP contribution is -2.60. The normalized spacial score (nSPS) is 54.2. The Morgan fingerprint density at radius 2 is 1.60 bits per heavy atom. The highest BCUT2D eigenvalue weighted by molar-refractivity contribution is 5.81. The molecule has 17 atom stereocenters. The van der Waals surface area contributed by atoms with E-state index in [1.54, 1.807) is 0 Å². The third-order valence-electron chi connectivity index (χ3n) is 16.7. The number of hydrogen-bond donors (Lipinski definition) is 4. The summed E-state index contributed by atoms with van der Waals surface area (Å²) < 4.78 is 36.3. The second-order valence-electron chi connectivity index (χ2n) is 19.5. The molecule has 0 aromatic heterocycles. The molecular formula is C40H60O12. The molecule has 292 valence electrons. The molecule has 3 spiro atoms. The number of aliphatic hydroxyl groups excluding tert-OH is 4. The van der Waals surface area contributed by atoms with E-state index in [2.05, 4.69) is 34.6 Å². The van der Waals surface area contributed by atoms with Crippen LogP contribution in [-0.2, 0) is 38.0 Å². The molecule has 0 aromatic carbocycles. The van der Waals surface area contributed by atoms with Crippen molar-refractivity contribution in [1.29, 1.82) is 0 Å². The summed E-state index contributed by atoms with van der Waals surface area (Å²) in [6, 6.07) is 0. The topological polar surface area (TPSA) is 170 Å². The van der Waals surface area contributed by atoms with Gasteiger partial charge in [0.15, 0.2) is 18.2 Å². The van der Waals surface area contributed by atoms with Crippen LogP contribution in [0.2, 0.25) is 0 Å². The van der Waals surface area contributed by atoms with E-state index in [0.29, 0.717) is 11.8 Å². The average Bonchev–Trinajstić information content (AvgIpc) is 3.57. The Morgan fingerprint density at radius 1 is 0.904 bits per heavy atom. The Kier molecular flexibility index (Phi) is 8.30. The lowest BCUT2D eigenvalue weighted by molar-refractivity contribution is -0.283. The number of hydrogen-bond acceptors (Lipinski definition) is 12. The second-order valence-corrected chi connectivity index (χ2v) is 19.5. The standard InChI is InChI=1S/C40H60O12/c1-20-17-22-31(35(5,6)50-21(2)41)52-40(51-22)30(20)36(7)14-15-39-19-38(39)13-11-26(34(3,4)24(38)9-10-25(39)37(36,8)33(40)46)47-16-12-27(42)49-23-18-48-32(45)29(44)28(23)43/h12,16,20,22-26,28-33,43-46H,9-11,13-15,17-19H2,1-8H3/b16-12+/t20-,22-,23-,24?,25?,26+,28+,29-,30-,31+,32-,33-,36-,37-,38-,39+,40+/m1/s1. The Balaban J connectivity index is 1.00. The van der Waals surface area contributed by atoms with Crippen molar-refractivity contribution in [2.24, 2.45) is 50.7 Å². The summed E-state index contributed by atoms with van der Waals surface area (Å²) in [4.78, 5) is 24.7. The van der Waals surface area contributed by atoms with Crippen LogP contribution in [0.5, 0.6) is 0 Å². The molecule has 12 nitrogen and oxygen atoms in total. The minimum Gasteiger partial charge on any atom is -0.497 e. The van der Waals surface area contributed by atoms with E-state index in [-0.39, 0.29) is 58.3 Å². The molecule has 0 amide bonds. The summed E-state index contributed by atoms with van der Waals surface area (Å²) in [6.07, 6.45) is 3.23. The van der Waals surface area contributed by atoms with Gasteiger partial charge >= 0.3 is 11.9 Å². The Hall–Kier alpha value is -1.80. The van der Waals surface area contributed by atoms with Crippen LogP contribution in [-0.4, -0.2) is 99.4 Å². The van der Waals surface area contributed by atoms with Crippen molar-refractivity contribution in [3.05, 3.63) is 12.3 Å². The van der Waals surface area contributed by atoms with Gasteiger partial charge in [-0.2, -0.15) is 0 Å². The molecular weight excluding hydrogens is 672 g/mol. The molecule has 2 unspecified atom stereocenters. The monoisotopic (exact) mass is 732 g/mol. The van der Waals surface area contributed by atoms with E-state index in [4.69, 9.17) is 28.4 Å². The fourth-order valence-electron chi connectivity index (χ4n) is 14.6. The molecule has 8 fully saturated rings. The van der Waals surface area contributed by atoms with Gasteiger partial charge in [0.1, 0.15) is 36.1 Å². The van der Waals surface area contributed by atoms with E-state index >= 15 is 0 Å². The first-order chi connectivity index (χ1) is 24.2. The first-order valence-electron chi connectivity index (χ1n) is 19.6. The molecule has 3 heterocycles. The molecule has 2 bridgehead atoms. The maximum absolute atomic E-state index is 12.8. The van der Waals surface area contributed by atoms with Crippen LogP contribution < -0.4 is 0 Å². The van der Waals surface area contributed by atoms with Crippen LogP contribution in [0, 0.1) is 50.7 Å². The molecule has 3 aliphatic heterocycles. The number of carbonyl (C=O) groups excluding carboxylic acids is 2. The minimum absolute atomic E-state index is 0.0174. The van der Waals surface area contributed by atoms with Crippen molar-refractivity contribution in [1.82, 2.24) is 0 Å². The highest BCUT2D eigenvalue weighted by Gasteiger charge is 2.88.